The maximum Gasteiger partial charge on any atom is 0.128 e. The third-order valence-corrected chi connectivity index (χ3v) is 8.12. The molecule has 0 saturated carbocycles. The zero-order valence-corrected chi connectivity index (χ0v) is 29.8. The summed E-state index contributed by atoms with van der Waals surface area (Å²) < 4.78 is 6.31. The van der Waals surface area contributed by atoms with E-state index in [1.807, 2.05) is 73.9 Å². The van der Waals surface area contributed by atoms with Crippen molar-refractivity contribution >= 4 is 32.7 Å². The molecular weight excluding hydrogens is 767 g/mol. The van der Waals surface area contributed by atoms with E-state index >= 15 is 0 Å². The van der Waals surface area contributed by atoms with Gasteiger partial charge >= 0.3 is 0 Å². The number of rotatable bonds is 4. The largest absolute Gasteiger partial charge is 0.500 e. The van der Waals surface area contributed by atoms with E-state index in [1.165, 1.54) is 16.7 Å². The molecule has 0 aliphatic heterocycles. The van der Waals surface area contributed by atoms with Crippen molar-refractivity contribution in [1.82, 2.24) is 15.0 Å². The molecule has 0 N–H and O–H groups in total. The minimum absolute atomic E-state index is 0. The fraction of sp³-hybridized carbons (Fsp3) is 0.140. The van der Waals surface area contributed by atoms with Gasteiger partial charge in [-0.15, -0.1) is 54.1 Å². The van der Waals surface area contributed by atoms with Gasteiger partial charge in [0.15, 0.2) is 0 Å². The summed E-state index contributed by atoms with van der Waals surface area (Å²) in [5.74, 6) is 0. The Morgan fingerprint density at radius 1 is 0.646 bits per heavy atom. The number of fused-ring (bicyclic) bond motifs is 5. The Kier molecular flexibility index (Phi) is 9.63. The number of nitrogens with zero attached hydrogens (tertiary/aromatic N) is 3. The van der Waals surface area contributed by atoms with Crippen molar-refractivity contribution in [1.29, 1.82) is 0 Å². The topological polar surface area (TPSA) is 51.8 Å². The summed E-state index contributed by atoms with van der Waals surface area (Å²) in [6, 6.07) is 43.6. The van der Waals surface area contributed by atoms with E-state index in [9.17, 15) is 0 Å². The molecule has 239 valence electrons. The molecule has 5 heteroatoms. The minimum atomic E-state index is 0. The fourth-order valence-corrected chi connectivity index (χ4v) is 5.96. The molecule has 8 aromatic rings. The number of furan rings is 1. The van der Waals surface area contributed by atoms with Gasteiger partial charge in [-0.2, -0.15) is 0 Å². The van der Waals surface area contributed by atoms with Gasteiger partial charge in [0.05, 0.1) is 5.58 Å². The van der Waals surface area contributed by atoms with Crippen LogP contribution in [0, 0.1) is 24.5 Å². The van der Waals surface area contributed by atoms with Gasteiger partial charge in [-0.05, 0) is 65.0 Å². The summed E-state index contributed by atoms with van der Waals surface area (Å²) in [6.45, 7) is 8.80. The first-order valence-electron chi connectivity index (χ1n) is 15.9. The second-order valence-electron chi connectivity index (χ2n) is 13.0. The maximum absolute atomic E-state index is 6.31. The molecule has 0 aliphatic carbocycles. The fourth-order valence-electron chi connectivity index (χ4n) is 5.96. The summed E-state index contributed by atoms with van der Waals surface area (Å²) in [6.07, 6.45) is 6.64. The van der Waals surface area contributed by atoms with Gasteiger partial charge in [0.2, 0.25) is 0 Å². The van der Waals surface area contributed by atoms with Gasteiger partial charge in [0, 0.05) is 60.5 Å². The Morgan fingerprint density at radius 3 is 2.19 bits per heavy atom. The molecule has 4 aromatic heterocycles. The monoisotopic (exact) mass is 802 g/mol. The van der Waals surface area contributed by atoms with Crippen LogP contribution in [0.15, 0.2) is 132 Å². The van der Waals surface area contributed by atoms with E-state index in [4.69, 9.17) is 4.42 Å². The van der Waals surface area contributed by atoms with Crippen molar-refractivity contribution in [3.63, 3.8) is 0 Å². The van der Waals surface area contributed by atoms with E-state index in [1.54, 1.807) is 6.20 Å². The second-order valence-corrected chi connectivity index (χ2v) is 13.0. The Balaban J connectivity index is 0.000000164. The summed E-state index contributed by atoms with van der Waals surface area (Å²) in [5.41, 5.74) is 10.6. The third-order valence-electron chi connectivity index (χ3n) is 8.12. The molecule has 0 amide bonds. The molecule has 0 unspecified atom stereocenters. The van der Waals surface area contributed by atoms with E-state index in [0.717, 1.165) is 67.3 Å². The summed E-state index contributed by atoms with van der Waals surface area (Å²) in [4.78, 5) is 13.3. The van der Waals surface area contributed by atoms with E-state index in [-0.39, 0.29) is 20.1 Å². The van der Waals surface area contributed by atoms with E-state index < -0.39 is 0 Å². The molecule has 0 spiro atoms. The number of hydrogen-bond donors (Lipinski definition) is 0. The van der Waals surface area contributed by atoms with Crippen molar-refractivity contribution in [2.75, 3.05) is 0 Å². The van der Waals surface area contributed by atoms with Gasteiger partial charge in [0.1, 0.15) is 5.58 Å². The summed E-state index contributed by atoms with van der Waals surface area (Å²) in [5, 5.41) is 4.36. The summed E-state index contributed by atoms with van der Waals surface area (Å²) in [7, 11) is 0. The van der Waals surface area contributed by atoms with Crippen LogP contribution in [0.2, 0.25) is 0 Å². The van der Waals surface area contributed by atoms with Crippen molar-refractivity contribution in [2.45, 2.75) is 34.1 Å². The molecule has 0 fully saturated rings. The Bertz CT molecular complexity index is 2310. The zero-order valence-electron chi connectivity index (χ0n) is 27.4. The molecule has 4 heterocycles. The van der Waals surface area contributed by atoms with Crippen LogP contribution in [0.3, 0.4) is 0 Å². The molecule has 1 radical (unpaired) electrons. The van der Waals surface area contributed by atoms with Crippen LogP contribution >= 0.6 is 0 Å². The second kappa shape index (κ2) is 14.0. The number of benzene rings is 4. The Labute approximate surface area is 295 Å². The van der Waals surface area contributed by atoms with Crippen LogP contribution in [0.25, 0.3) is 66.4 Å². The molecule has 0 atom stereocenters. The normalized spacial score (nSPS) is 11.2. The quantitative estimate of drug-likeness (QED) is 0.166. The molecule has 4 aromatic carbocycles. The Morgan fingerprint density at radius 2 is 1.44 bits per heavy atom. The molecule has 0 aliphatic rings. The molecule has 4 nitrogen and oxygen atoms in total. The van der Waals surface area contributed by atoms with Crippen molar-refractivity contribution in [2.24, 2.45) is 5.41 Å². The first-order chi connectivity index (χ1) is 22.8. The van der Waals surface area contributed by atoms with Crippen LogP contribution in [0.5, 0.6) is 0 Å². The first kappa shape index (κ1) is 33.0. The average molecular weight is 802 g/mol. The van der Waals surface area contributed by atoms with Gasteiger partial charge in [-0.25, -0.2) is 0 Å². The number of pyridine rings is 3. The molecule has 0 saturated heterocycles. The zero-order chi connectivity index (χ0) is 32.4. The van der Waals surface area contributed by atoms with Gasteiger partial charge < -0.3 is 14.4 Å². The van der Waals surface area contributed by atoms with Crippen LogP contribution < -0.4 is 0 Å². The van der Waals surface area contributed by atoms with Crippen LogP contribution in [0.4, 0.5) is 0 Å². The number of hydrogen-bond acceptors (Lipinski definition) is 4. The molecule has 8 rings (SSSR count). The summed E-state index contributed by atoms with van der Waals surface area (Å²) >= 11 is 0. The average Bonchev–Trinajstić information content (AvgIpc) is 3.49. The SMILES string of the molecule is CC(C)(C)Cc1ccc(-c2ccnc(-c3[c-]cccc3)c2)cc1.Cc1cc2c(ccc3c4cc[c-]c(-c5ccccn5)c4oc23)cn1.[Ir]. The van der Waals surface area contributed by atoms with Crippen molar-refractivity contribution in [3.8, 4) is 33.6 Å². The van der Waals surface area contributed by atoms with Crippen LogP contribution in [-0.4, -0.2) is 15.0 Å². The van der Waals surface area contributed by atoms with Gasteiger partial charge in [0.25, 0.3) is 0 Å². The predicted octanol–water partition coefficient (Wildman–Crippen LogP) is 11.1. The van der Waals surface area contributed by atoms with Crippen molar-refractivity contribution < 1.29 is 24.5 Å². The van der Waals surface area contributed by atoms with Gasteiger partial charge in [-0.3, -0.25) is 4.98 Å². The van der Waals surface area contributed by atoms with Gasteiger partial charge in [-0.1, -0.05) is 86.3 Å². The van der Waals surface area contributed by atoms with Crippen LogP contribution in [0.1, 0.15) is 32.0 Å². The Hall–Kier alpha value is -4.96. The number of aromatic nitrogens is 3. The minimum Gasteiger partial charge on any atom is -0.500 e. The number of aryl methyl sites for hydroxylation is 1. The third kappa shape index (κ3) is 7.13. The maximum atomic E-state index is 6.31. The smallest absolute Gasteiger partial charge is 0.128 e. The molecule has 0 bridgehead atoms. The molecular formula is C43H35IrN3O-2. The van der Waals surface area contributed by atoms with E-state index in [0.29, 0.717) is 5.41 Å². The van der Waals surface area contributed by atoms with Crippen LogP contribution in [-0.2, 0) is 26.5 Å². The predicted molar refractivity (Wildman–Crippen MR) is 193 cm³/mol. The van der Waals surface area contributed by atoms with E-state index in [2.05, 4.69) is 102 Å². The molecule has 48 heavy (non-hydrogen) atoms. The standard InChI is InChI=1S/C22H22N.C21H13N2O.Ir/c1-22(2,3)16-17-9-11-18(12-10-17)20-13-14-23-21(15-20)19-7-5-4-6-8-19;1-13-11-18-14(12-23-13)8-9-16-15-5-4-6-17(20(15)24-21(16)18)19-7-2-3-10-22-19;/h4-7,9-15H,16H2,1-3H3;2-5,7-12H,1H3;/q2*-1;. The van der Waals surface area contributed by atoms with Crippen molar-refractivity contribution in [3.05, 3.63) is 151 Å². The first-order valence-corrected chi connectivity index (χ1v) is 15.9.